The molecule has 1 aromatic heterocycles. The van der Waals surface area contributed by atoms with Crippen LogP contribution in [-0.2, 0) is 14.2 Å². The van der Waals surface area contributed by atoms with E-state index in [1.54, 1.807) is 30.6 Å². The molecule has 2 heterocycles. The summed E-state index contributed by atoms with van der Waals surface area (Å²) < 4.78 is 16.1. The van der Waals surface area contributed by atoms with Gasteiger partial charge in [0.2, 0.25) is 0 Å². The van der Waals surface area contributed by atoms with Crippen LogP contribution in [0, 0.1) is 0 Å². The molecule has 0 radical (unpaired) electrons. The van der Waals surface area contributed by atoms with Crippen molar-refractivity contribution >= 4 is 23.0 Å². The molecule has 8 nitrogen and oxygen atoms in total. The molecule has 0 N–H and O–H groups in total. The lowest BCUT2D eigenvalue weighted by Crippen LogP contribution is -2.51. The Kier molecular flexibility index (Phi) is 12.0. The predicted octanol–water partition coefficient (Wildman–Crippen LogP) is 6.71. The van der Waals surface area contributed by atoms with Gasteiger partial charge in [0.05, 0.1) is 18.8 Å². The number of carbonyl (C=O) groups is 1. The number of esters is 1. The highest BCUT2D eigenvalue weighted by atomic mass is 32.1. The van der Waals surface area contributed by atoms with Crippen LogP contribution < -0.4 is 4.90 Å². The number of anilines is 1. The molecule has 1 aliphatic carbocycles. The Balaban J connectivity index is 1.02. The Morgan fingerprint density at radius 3 is 1.95 bits per heavy atom. The number of rotatable bonds is 14. The normalized spacial score (nSPS) is 19.4. The maximum Gasteiger partial charge on any atom is 0.337 e. The molecule has 1 saturated heterocycles. The van der Waals surface area contributed by atoms with Gasteiger partial charge in [-0.15, -0.1) is 10.2 Å². The lowest BCUT2D eigenvalue weighted by atomic mass is 9.91. The molecule has 9 heteroatoms. The number of methoxy groups -OCH3 is 2. The van der Waals surface area contributed by atoms with Gasteiger partial charge in [-0.2, -0.15) is 0 Å². The molecule has 0 spiro atoms. The summed E-state index contributed by atoms with van der Waals surface area (Å²) in [5.41, 5.74) is 3.80. The molecular weight excluding hydrogens is 560 g/mol. The van der Waals surface area contributed by atoms with Crippen molar-refractivity contribution in [1.82, 2.24) is 15.1 Å². The van der Waals surface area contributed by atoms with E-state index in [4.69, 9.17) is 14.2 Å². The number of hydrogen-bond acceptors (Lipinski definition) is 9. The average molecular weight is 607 g/mol. The van der Waals surface area contributed by atoms with Crippen LogP contribution in [0.25, 0.3) is 21.1 Å². The summed E-state index contributed by atoms with van der Waals surface area (Å²) in [7, 11) is 3.16. The fourth-order valence-corrected chi connectivity index (χ4v) is 7.04. The first-order chi connectivity index (χ1) is 21.1. The van der Waals surface area contributed by atoms with Crippen LogP contribution in [0.15, 0.2) is 48.5 Å². The van der Waals surface area contributed by atoms with E-state index in [0.29, 0.717) is 17.7 Å². The lowest BCUT2D eigenvalue weighted by Gasteiger charge is -2.42. The summed E-state index contributed by atoms with van der Waals surface area (Å²) in [4.78, 5) is 16.9. The van der Waals surface area contributed by atoms with Crippen LogP contribution >= 0.6 is 11.3 Å². The third-order valence-electron chi connectivity index (χ3n) is 8.78. The van der Waals surface area contributed by atoms with Crippen LogP contribution in [0.5, 0.6) is 0 Å². The minimum atomic E-state index is -0.342. The topological polar surface area (TPSA) is 77.0 Å². The van der Waals surface area contributed by atoms with Crippen molar-refractivity contribution < 1.29 is 19.0 Å². The molecule has 1 aliphatic heterocycles. The second-order valence-electron chi connectivity index (χ2n) is 11.6. The second-order valence-corrected chi connectivity index (χ2v) is 12.6. The molecule has 0 amide bonds. The van der Waals surface area contributed by atoms with Crippen LogP contribution in [-0.4, -0.2) is 86.8 Å². The van der Waals surface area contributed by atoms with Gasteiger partial charge in [0, 0.05) is 69.4 Å². The van der Waals surface area contributed by atoms with E-state index < -0.39 is 0 Å². The minimum absolute atomic E-state index is 0.342. The minimum Gasteiger partial charge on any atom is -0.465 e. The molecule has 0 bridgehead atoms. The average Bonchev–Trinajstić information content (AvgIpc) is 3.57. The zero-order valence-corrected chi connectivity index (χ0v) is 26.5. The Labute approximate surface area is 260 Å². The summed E-state index contributed by atoms with van der Waals surface area (Å²) >= 11 is 1.55. The Morgan fingerprint density at radius 2 is 1.35 bits per heavy atom. The number of nitrogens with zero attached hydrogens (tertiary/aromatic N) is 4. The first-order valence-electron chi connectivity index (χ1n) is 15.9. The van der Waals surface area contributed by atoms with Gasteiger partial charge in [0.1, 0.15) is 10.0 Å². The molecule has 2 aromatic carbocycles. The van der Waals surface area contributed by atoms with E-state index in [0.717, 1.165) is 60.5 Å². The highest BCUT2D eigenvalue weighted by Crippen LogP contribution is 2.32. The van der Waals surface area contributed by atoms with E-state index in [1.807, 2.05) is 12.1 Å². The zero-order valence-electron chi connectivity index (χ0n) is 25.7. The van der Waals surface area contributed by atoms with Crippen molar-refractivity contribution in [2.75, 3.05) is 58.5 Å². The molecule has 3 aromatic rings. The number of ether oxygens (including phenoxy) is 3. The summed E-state index contributed by atoms with van der Waals surface area (Å²) in [6.07, 6.45) is 11.6. The van der Waals surface area contributed by atoms with Gasteiger partial charge in [-0.3, -0.25) is 4.90 Å². The first kappa shape index (κ1) is 31.6. The van der Waals surface area contributed by atoms with Crippen molar-refractivity contribution in [3.05, 3.63) is 54.1 Å². The number of aromatic nitrogens is 2. The smallest absolute Gasteiger partial charge is 0.337 e. The monoisotopic (exact) mass is 606 g/mol. The van der Waals surface area contributed by atoms with Gasteiger partial charge in [0.25, 0.3) is 0 Å². The van der Waals surface area contributed by atoms with E-state index in [1.165, 1.54) is 70.6 Å². The van der Waals surface area contributed by atoms with Crippen LogP contribution in [0.1, 0.15) is 68.1 Å². The lowest BCUT2D eigenvalue weighted by molar-refractivity contribution is 0.00473. The molecule has 43 heavy (non-hydrogen) atoms. The molecule has 2 fully saturated rings. The van der Waals surface area contributed by atoms with Gasteiger partial charge < -0.3 is 19.1 Å². The fourth-order valence-electron chi connectivity index (χ4n) is 6.19. The van der Waals surface area contributed by atoms with Gasteiger partial charge in [-0.1, -0.05) is 42.7 Å². The van der Waals surface area contributed by atoms with Gasteiger partial charge in [-0.05, 0) is 74.9 Å². The van der Waals surface area contributed by atoms with Crippen LogP contribution in [0.3, 0.4) is 0 Å². The van der Waals surface area contributed by atoms with Crippen LogP contribution in [0.4, 0.5) is 5.69 Å². The van der Waals surface area contributed by atoms with Crippen molar-refractivity contribution in [2.45, 2.75) is 69.9 Å². The predicted molar refractivity (Wildman–Crippen MR) is 173 cm³/mol. The molecular formula is C34H46N4O4S. The van der Waals surface area contributed by atoms with Gasteiger partial charge in [0.15, 0.2) is 0 Å². The van der Waals surface area contributed by atoms with Crippen molar-refractivity contribution in [1.29, 1.82) is 0 Å². The second kappa shape index (κ2) is 16.3. The van der Waals surface area contributed by atoms with E-state index in [2.05, 4.69) is 44.3 Å². The largest absolute Gasteiger partial charge is 0.465 e. The molecule has 2 aliphatic rings. The maximum absolute atomic E-state index is 11.7. The third kappa shape index (κ3) is 8.85. The standard InChI is InChI=1S/C34H46N4O4S/c1-40-24-6-4-3-5-7-25-42-31-18-16-30(17-19-31)38-22-20-37(21-23-38)29-14-12-27(13-15-29)33-36-35-32(43-33)26-8-10-28(11-9-26)34(39)41-2/h8-15,30-31H,3-7,16-25H2,1-2H3. The number of hydrogen-bond donors (Lipinski definition) is 0. The Bertz CT molecular complexity index is 1250. The van der Waals surface area contributed by atoms with Crippen molar-refractivity contribution in [3.63, 3.8) is 0 Å². The van der Waals surface area contributed by atoms with Crippen molar-refractivity contribution in [2.24, 2.45) is 0 Å². The Hall–Kier alpha value is -2.85. The number of carbonyl (C=O) groups excluding carboxylic acids is 1. The number of unbranched alkanes of at least 4 members (excludes halogenated alkanes) is 4. The molecule has 0 unspecified atom stereocenters. The SMILES string of the molecule is COCCCCCCCOC1CCC(N2CCN(c3ccc(-c4nnc(-c5ccc(C(=O)OC)cc5)s4)cc3)CC2)CC1. The zero-order chi connectivity index (χ0) is 29.9. The van der Waals surface area contributed by atoms with E-state index in [9.17, 15) is 4.79 Å². The number of piperazine rings is 1. The van der Waals surface area contributed by atoms with E-state index in [-0.39, 0.29) is 5.97 Å². The molecule has 0 atom stereocenters. The van der Waals surface area contributed by atoms with Gasteiger partial charge in [-0.25, -0.2) is 4.79 Å². The fraction of sp³-hybridized carbons (Fsp3) is 0.559. The summed E-state index contributed by atoms with van der Waals surface area (Å²) in [5.74, 6) is -0.342. The van der Waals surface area contributed by atoms with Crippen molar-refractivity contribution in [3.8, 4) is 21.1 Å². The first-order valence-corrected chi connectivity index (χ1v) is 16.7. The Morgan fingerprint density at radius 1 is 0.767 bits per heavy atom. The summed E-state index contributed by atoms with van der Waals surface area (Å²) in [5, 5.41) is 10.5. The van der Waals surface area contributed by atoms with E-state index >= 15 is 0 Å². The summed E-state index contributed by atoms with van der Waals surface area (Å²) in [6.45, 7) is 6.17. The molecule has 5 rings (SSSR count). The quantitative estimate of drug-likeness (QED) is 0.148. The van der Waals surface area contributed by atoms with Gasteiger partial charge >= 0.3 is 5.97 Å². The van der Waals surface area contributed by atoms with Crippen LogP contribution in [0.2, 0.25) is 0 Å². The molecule has 232 valence electrons. The highest BCUT2D eigenvalue weighted by molar-refractivity contribution is 7.17. The highest BCUT2D eigenvalue weighted by Gasteiger charge is 2.28. The third-order valence-corrected chi connectivity index (χ3v) is 9.80. The maximum atomic E-state index is 11.7. The summed E-state index contributed by atoms with van der Waals surface area (Å²) in [6, 6.07) is 16.7. The molecule has 1 saturated carbocycles. The number of benzene rings is 2.